The Morgan fingerprint density at radius 3 is 1.47 bits per heavy atom. The molecule has 0 saturated carbocycles. The van der Waals surface area contributed by atoms with E-state index in [1.165, 1.54) is 33.9 Å². The van der Waals surface area contributed by atoms with Crippen LogP contribution in [0.4, 0.5) is 11.4 Å². The normalized spacial score (nSPS) is 13.6. The van der Waals surface area contributed by atoms with Crippen LogP contribution in [-0.2, 0) is 28.1 Å². The molecule has 66 heavy (non-hydrogen) atoms. The van der Waals surface area contributed by atoms with Crippen molar-refractivity contribution in [1.29, 1.82) is 0 Å². The molecule has 2 N–H and O–H groups in total. The van der Waals surface area contributed by atoms with Gasteiger partial charge in [0.25, 0.3) is 0 Å². The summed E-state index contributed by atoms with van der Waals surface area (Å²) < 4.78 is 0. The fourth-order valence-corrected chi connectivity index (χ4v) is 9.51. The van der Waals surface area contributed by atoms with Crippen molar-refractivity contribution < 1.29 is 0 Å². The maximum Gasteiger partial charge on any atom is 0.135 e. The summed E-state index contributed by atoms with van der Waals surface area (Å²) in [4.78, 5) is 18.5. The highest BCUT2D eigenvalue weighted by Gasteiger charge is 2.25. The molecule has 0 saturated heterocycles. The monoisotopic (exact) mass is 891 g/mol. The van der Waals surface area contributed by atoms with E-state index < -0.39 is 8.07 Å². The van der Waals surface area contributed by atoms with Crippen LogP contribution in [0.25, 0.3) is 68.6 Å². The number of benzene rings is 3. The van der Waals surface area contributed by atoms with Crippen molar-refractivity contribution in [1.82, 2.24) is 19.9 Å². The molecule has 0 fully saturated rings. The van der Waals surface area contributed by atoms with Gasteiger partial charge in [-0.15, -0.1) is 5.11 Å². The van der Waals surface area contributed by atoms with Crippen LogP contribution in [0.3, 0.4) is 0 Å². The predicted octanol–water partition coefficient (Wildman–Crippen LogP) is 17.5. The lowest BCUT2D eigenvalue weighted by Gasteiger charge is -2.26. The smallest absolute Gasteiger partial charge is 0.135 e. The molecule has 0 amide bonds. The van der Waals surface area contributed by atoms with E-state index in [2.05, 4.69) is 228 Å². The second kappa shape index (κ2) is 17.1. The first kappa shape index (κ1) is 46.6. The van der Waals surface area contributed by atoms with Gasteiger partial charge in [0.1, 0.15) is 5.69 Å². The van der Waals surface area contributed by atoms with Crippen LogP contribution in [-0.4, -0.2) is 28.0 Å². The van der Waals surface area contributed by atoms with Crippen LogP contribution < -0.4 is 0 Å². The van der Waals surface area contributed by atoms with Gasteiger partial charge in [-0.1, -0.05) is 157 Å². The highest BCUT2D eigenvalue weighted by Crippen LogP contribution is 2.41. The largest absolute Gasteiger partial charge is 0.355 e. The zero-order valence-electron chi connectivity index (χ0n) is 42.2. The number of fused-ring (bicyclic) bond motifs is 8. The number of aryl methyl sites for hydroxylation is 1. The minimum absolute atomic E-state index is 0.0628. The Morgan fingerprint density at radius 2 is 0.939 bits per heavy atom. The van der Waals surface area contributed by atoms with Crippen LogP contribution in [0.15, 0.2) is 101 Å². The molecular weight excluding hydrogens is 821 g/mol. The molecule has 5 heterocycles. The van der Waals surface area contributed by atoms with Gasteiger partial charge in [0.15, 0.2) is 0 Å². The number of hydrogen-bond acceptors (Lipinski definition) is 4. The standard InChI is InChI=1S/C59H70N6Si/c1-56(2,3)40-30-38(31-41(34-40)57(4,5)6)53-47-22-20-45(60-47)36-46-21-23-48(61-46)54(39-32-42(58(7,8)9)35-43(33-39)59(10,11)12)50-25-27-52(63-50)55(51-26-24-49(53)62-51)65-64-44-18-16-37(17-19-44)28-29-66(13,14)15/h16-27,30-36,60,63H,28-29H2,1-15H3. The summed E-state index contributed by atoms with van der Waals surface area (Å²) in [6, 6.07) is 34.7. The summed E-state index contributed by atoms with van der Waals surface area (Å²) in [6.07, 6.45) is 9.58. The third-order valence-electron chi connectivity index (χ3n) is 12.8. The van der Waals surface area contributed by atoms with E-state index in [0.29, 0.717) is 5.69 Å². The van der Waals surface area contributed by atoms with Crippen molar-refractivity contribution in [2.45, 2.75) is 137 Å². The van der Waals surface area contributed by atoms with Crippen LogP contribution in [0.1, 0.15) is 134 Å². The SMILES string of the molecule is CC(C)(C)c1cc(-c2c3nc(c(N=Nc4ccc(CC[Si](C)(C)C)cc4)c4ccc([nH]4)c(-c4cc(C(C)(C)C)cc(C(C)(C)C)c4)c4nc(cc5ccc2[nH]5)C=C4)C=C3)cc(C(C)(C)C)c1. The van der Waals surface area contributed by atoms with Crippen molar-refractivity contribution in [3.05, 3.63) is 142 Å². The Bertz CT molecular complexity index is 2940. The van der Waals surface area contributed by atoms with Gasteiger partial charge in [-0.25, -0.2) is 9.97 Å². The van der Waals surface area contributed by atoms with Crippen LogP contribution in [0, 0.1) is 0 Å². The zero-order chi connectivity index (χ0) is 47.6. The molecule has 340 valence electrons. The first-order valence-electron chi connectivity index (χ1n) is 23.8. The zero-order valence-corrected chi connectivity index (χ0v) is 43.2. The average Bonchev–Trinajstić information content (AvgIpc) is 4.06. The van der Waals surface area contributed by atoms with E-state index in [1.807, 2.05) is 0 Å². The van der Waals surface area contributed by atoms with Gasteiger partial charge in [0.2, 0.25) is 0 Å². The Balaban J connectivity index is 1.45. The number of aromatic nitrogens is 4. The van der Waals surface area contributed by atoms with Gasteiger partial charge in [0.05, 0.1) is 34.0 Å². The number of nitrogens with zero attached hydrogens (tertiary/aromatic N) is 4. The highest BCUT2D eigenvalue weighted by molar-refractivity contribution is 6.76. The summed E-state index contributed by atoms with van der Waals surface area (Å²) in [6.45, 7) is 34.7. The maximum absolute atomic E-state index is 5.48. The van der Waals surface area contributed by atoms with Gasteiger partial charge < -0.3 is 9.97 Å². The van der Waals surface area contributed by atoms with E-state index in [9.17, 15) is 0 Å². The van der Waals surface area contributed by atoms with Crippen molar-refractivity contribution in [2.24, 2.45) is 10.2 Å². The number of hydrogen-bond donors (Lipinski definition) is 2. The summed E-state index contributed by atoms with van der Waals surface area (Å²) >= 11 is 0. The molecule has 2 aliphatic rings. The second-order valence-electron chi connectivity index (χ2n) is 23.9. The van der Waals surface area contributed by atoms with E-state index in [1.54, 1.807) is 0 Å². The molecule has 2 aliphatic heterocycles. The van der Waals surface area contributed by atoms with Crippen molar-refractivity contribution in [3.63, 3.8) is 0 Å². The topological polar surface area (TPSA) is 82.1 Å². The summed E-state index contributed by atoms with van der Waals surface area (Å²) in [7, 11) is -1.16. The molecule has 0 unspecified atom stereocenters. The summed E-state index contributed by atoms with van der Waals surface area (Å²) in [5.74, 6) is 0. The Labute approximate surface area is 394 Å². The quantitative estimate of drug-likeness (QED) is 0.123. The lowest BCUT2D eigenvalue weighted by molar-refractivity contribution is 0.568. The van der Waals surface area contributed by atoms with Crippen LogP contribution in [0.5, 0.6) is 0 Å². The molecule has 0 radical (unpaired) electrons. The molecule has 8 rings (SSSR count). The van der Waals surface area contributed by atoms with E-state index in [0.717, 1.165) is 79.2 Å². The van der Waals surface area contributed by atoms with Gasteiger partial charge in [-0.3, -0.25) is 0 Å². The number of nitrogens with one attached hydrogen (secondary N) is 2. The fourth-order valence-electron chi connectivity index (χ4n) is 8.47. The molecule has 0 spiro atoms. The van der Waals surface area contributed by atoms with E-state index in [4.69, 9.17) is 20.2 Å². The van der Waals surface area contributed by atoms with Crippen LogP contribution in [0.2, 0.25) is 25.7 Å². The number of rotatable bonds is 7. The summed E-state index contributed by atoms with van der Waals surface area (Å²) in [5, 5.41) is 9.99. The van der Waals surface area contributed by atoms with Crippen molar-refractivity contribution >= 4 is 65.8 Å². The van der Waals surface area contributed by atoms with Gasteiger partial charge in [-0.2, -0.15) is 5.11 Å². The first-order chi connectivity index (χ1) is 30.8. The minimum Gasteiger partial charge on any atom is -0.355 e. The lowest BCUT2D eigenvalue weighted by Crippen LogP contribution is -2.19. The molecule has 7 heteroatoms. The number of H-pyrrole nitrogens is 2. The van der Waals surface area contributed by atoms with Crippen molar-refractivity contribution in [3.8, 4) is 22.3 Å². The molecule has 3 aromatic carbocycles. The first-order valence-corrected chi connectivity index (χ1v) is 27.5. The van der Waals surface area contributed by atoms with Gasteiger partial charge >= 0.3 is 0 Å². The molecule has 6 nitrogen and oxygen atoms in total. The Morgan fingerprint density at radius 1 is 0.470 bits per heavy atom. The molecule has 6 aromatic rings. The third kappa shape index (κ3) is 10.4. The van der Waals surface area contributed by atoms with E-state index >= 15 is 0 Å². The lowest BCUT2D eigenvalue weighted by atomic mass is 9.78. The highest BCUT2D eigenvalue weighted by atomic mass is 28.3. The molecule has 0 aliphatic carbocycles. The molecule has 8 bridgehead atoms. The van der Waals surface area contributed by atoms with Crippen molar-refractivity contribution in [2.75, 3.05) is 0 Å². The second-order valence-corrected chi connectivity index (χ2v) is 29.5. The average molecular weight is 891 g/mol. The number of azo groups is 1. The van der Waals surface area contributed by atoms with Crippen LogP contribution >= 0.6 is 0 Å². The van der Waals surface area contributed by atoms with Gasteiger partial charge in [0, 0.05) is 35.8 Å². The number of aromatic amines is 2. The Hall–Kier alpha value is -5.92. The molecule has 0 atom stereocenters. The molecule has 3 aromatic heterocycles. The predicted molar refractivity (Wildman–Crippen MR) is 287 cm³/mol. The fraction of sp³-hybridized carbons (Fsp3) is 0.356. The third-order valence-corrected chi connectivity index (χ3v) is 14.6. The molecular formula is C59H70N6Si. The maximum atomic E-state index is 5.48. The minimum atomic E-state index is -1.16. The summed E-state index contributed by atoms with van der Waals surface area (Å²) in [5.41, 5.74) is 19.1. The van der Waals surface area contributed by atoms with E-state index in [-0.39, 0.29) is 21.7 Å². The Kier molecular flexibility index (Phi) is 12.0. The van der Waals surface area contributed by atoms with Gasteiger partial charge in [-0.05, 0) is 134 Å².